The number of aryl methyl sites for hydroxylation is 1. The Kier molecular flexibility index (Phi) is 26.3. The Morgan fingerprint density at radius 2 is 0.921 bits per heavy atom. The molecule has 0 unspecified atom stereocenters. The molecule has 0 radical (unpaired) electrons. The van der Waals surface area contributed by atoms with Crippen molar-refractivity contribution in [2.24, 2.45) is 35.5 Å². The lowest BCUT2D eigenvalue weighted by Gasteiger charge is -2.31. The molecule has 0 heterocycles. The van der Waals surface area contributed by atoms with Gasteiger partial charge in [-0.2, -0.15) is 0 Å². The molecule has 6 rings (SSSR count). The summed E-state index contributed by atoms with van der Waals surface area (Å²) in [6.45, 7) is 11.1. The Labute approximate surface area is 390 Å². The standard InChI is InChI=1S/C30H50O.C29H52O3/c1-3-4-24-31-30-22-16-27(17-23-30)11-9-7-5-6-8-10-26-14-20-29(21-15-26)28-18-12-25(2)13-19-28;1-3-5-22-31-27-18-14-25(15-19-27)9-7-6-8-24-10-16-26(17-11-24)29(30)32-28-20-12-23(4-2)13-21-28/h14-15,20-21,25,27-28,30H,3-13,16-19,22-24H2,1-2H3;23-28H,3-22H2,1-2H3. The number of hydrogen-bond donors (Lipinski definition) is 0. The van der Waals surface area contributed by atoms with Gasteiger partial charge in [0.15, 0.2) is 0 Å². The van der Waals surface area contributed by atoms with Gasteiger partial charge in [-0.05, 0) is 188 Å². The molecule has 0 bridgehead atoms. The predicted molar refractivity (Wildman–Crippen MR) is 267 cm³/mol. The van der Waals surface area contributed by atoms with Crippen LogP contribution >= 0.6 is 0 Å². The van der Waals surface area contributed by atoms with Gasteiger partial charge in [-0.25, -0.2) is 0 Å². The molecule has 0 amide bonds. The van der Waals surface area contributed by atoms with E-state index in [0.717, 1.165) is 74.4 Å². The molecule has 4 heteroatoms. The maximum absolute atomic E-state index is 12.6. The van der Waals surface area contributed by atoms with Gasteiger partial charge in [0.25, 0.3) is 0 Å². The summed E-state index contributed by atoms with van der Waals surface area (Å²) in [4.78, 5) is 12.6. The van der Waals surface area contributed by atoms with Crippen molar-refractivity contribution < 1.29 is 19.0 Å². The molecular formula is C59H102O4. The first-order chi connectivity index (χ1) is 30.9. The summed E-state index contributed by atoms with van der Waals surface area (Å²) in [5, 5.41) is 0. The van der Waals surface area contributed by atoms with Crippen LogP contribution in [0.15, 0.2) is 24.3 Å². The van der Waals surface area contributed by atoms with Crippen LogP contribution < -0.4 is 0 Å². The fourth-order valence-corrected chi connectivity index (χ4v) is 12.3. The molecule has 5 saturated carbocycles. The molecule has 5 fully saturated rings. The zero-order valence-corrected chi connectivity index (χ0v) is 42.1. The normalized spacial score (nSPS) is 30.3. The van der Waals surface area contributed by atoms with Gasteiger partial charge in [-0.15, -0.1) is 0 Å². The average Bonchev–Trinajstić information content (AvgIpc) is 3.32. The molecule has 5 aliphatic carbocycles. The molecule has 362 valence electrons. The highest BCUT2D eigenvalue weighted by Gasteiger charge is 2.31. The Morgan fingerprint density at radius 3 is 1.43 bits per heavy atom. The molecule has 1 aromatic carbocycles. The number of esters is 1. The highest BCUT2D eigenvalue weighted by Crippen LogP contribution is 2.38. The lowest BCUT2D eigenvalue weighted by atomic mass is 9.79. The predicted octanol–water partition coefficient (Wildman–Crippen LogP) is 17.5. The number of benzene rings is 1. The van der Waals surface area contributed by atoms with Gasteiger partial charge < -0.3 is 14.2 Å². The number of unbranched alkanes of at least 4 members (excludes halogenated alkanes) is 7. The van der Waals surface area contributed by atoms with E-state index in [2.05, 4.69) is 52.0 Å². The molecule has 4 nitrogen and oxygen atoms in total. The first-order valence-corrected chi connectivity index (χ1v) is 28.4. The number of carbonyl (C=O) groups excluding carboxylic acids is 1. The van der Waals surface area contributed by atoms with Crippen molar-refractivity contribution in [2.75, 3.05) is 13.2 Å². The van der Waals surface area contributed by atoms with Crippen molar-refractivity contribution in [2.45, 2.75) is 283 Å². The third kappa shape index (κ3) is 21.0. The van der Waals surface area contributed by atoms with Gasteiger partial charge in [0.2, 0.25) is 0 Å². The van der Waals surface area contributed by atoms with E-state index in [9.17, 15) is 4.79 Å². The first kappa shape index (κ1) is 52.6. The Hall–Kier alpha value is -1.39. The van der Waals surface area contributed by atoms with Crippen molar-refractivity contribution >= 4 is 5.97 Å². The maximum Gasteiger partial charge on any atom is 0.309 e. The summed E-state index contributed by atoms with van der Waals surface area (Å²) in [7, 11) is 0. The fourth-order valence-electron chi connectivity index (χ4n) is 12.3. The minimum atomic E-state index is 0.123. The molecule has 1 aromatic rings. The van der Waals surface area contributed by atoms with Gasteiger partial charge in [-0.1, -0.05) is 142 Å². The monoisotopic (exact) mass is 875 g/mol. The third-order valence-electron chi connectivity index (χ3n) is 17.1. The topological polar surface area (TPSA) is 44.8 Å². The zero-order valence-electron chi connectivity index (χ0n) is 42.1. The summed E-state index contributed by atoms with van der Waals surface area (Å²) >= 11 is 0. The summed E-state index contributed by atoms with van der Waals surface area (Å²) in [5.74, 6) is 5.72. The maximum atomic E-state index is 12.6. The smallest absolute Gasteiger partial charge is 0.309 e. The number of carbonyl (C=O) groups is 1. The summed E-state index contributed by atoms with van der Waals surface area (Å²) in [6, 6.07) is 9.69. The van der Waals surface area contributed by atoms with E-state index in [4.69, 9.17) is 14.2 Å². The van der Waals surface area contributed by atoms with E-state index in [-0.39, 0.29) is 18.0 Å². The Morgan fingerprint density at radius 1 is 0.476 bits per heavy atom. The van der Waals surface area contributed by atoms with Crippen LogP contribution in [0, 0.1) is 35.5 Å². The van der Waals surface area contributed by atoms with E-state index in [1.54, 1.807) is 11.1 Å². The van der Waals surface area contributed by atoms with Crippen LogP contribution in [-0.2, 0) is 25.4 Å². The summed E-state index contributed by atoms with van der Waals surface area (Å²) in [5.41, 5.74) is 3.14. The van der Waals surface area contributed by atoms with Gasteiger partial charge >= 0.3 is 5.97 Å². The van der Waals surface area contributed by atoms with E-state index >= 15 is 0 Å². The van der Waals surface area contributed by atoms with Crippen LogP contribution in [0.3, 0.4) is 0 Å². The van der Waals surface area contributed by atoms with Crippen molar-refractivity contribution in [1.82, 2.24) is 0 Å². The van der Waals surface area contributed by atoms with Gasteiger partial charge in [-0.3, -0.25) is 4.79 Å². The molecule has 0 aliphatic heterocycles. The second kappa shape index (κ2) is 31.6. The quantitative estimate of drug-likeness (QED) is 0.0725. The molecule has 0 N–H and O–H groups in total. The number of hydrogen-bond acceptors (Lipinski definition) is 4. The van der Waals surface area contributed by atoms with Crippen LogP contribution in [0.1, 0.15) is 269 Å². The SMILES string of the molecule is CCCCOC1CCC(CCCCC2CCC(C(=O)OC3CCC(CC)CC3)CC2)CC1.CCCCOC1CCC(CCCCCCCc2ccc(C3CCC(C)CC3)cc2)CC1. The molecular weight excluding hydrogens is 773 g/mol. The van der Waals surface area contributed by atoms with E-state index in [1.807, 2.05) is 0 Å². The summed E-state index contributed by atoms with van der Waals surface area (Å²) in [6.07, 6.45) is 48.6. The van der Waals surface area contributed by atoms with Crippen LogP contribution in [0.5, 0.6) is 0 Å². The van der Waals surface area contributed by atoms with E-state index < -0.39 is 0 Å². The molecule has 63 heavy (non-hydrogen) atoms. The Balaban J connectivity index is 0.000000238. The largest absolute Gasteiger partial charge is 0.462 e. The van der Waals surface area contributed by atoms with Crippen LogP contribution in [-0.4, -0.2) is 37.5 Å². The molecule has 0 saturated heterocycles. The lowest BCUT2D eigenvalue weighted by molar-refractivity contribution is -0.157. The minimum absolute atomic E-state index is 0.123. The second-order valence-electron chi connectivity index (χ2n) is 22.2. The average molecular weight is 875 g/mol. The zero-order chi connectivity index (χ0) is 44.3. The first-order valence-electron chi connectivity index (χ1n) is 28.4. The van der Waals surface area contributed by atoms with Gasteiger partial charge in [0, 0.05) is 13.2 Å². The van der Waals surface area contributed by atoms with Crippen LogP contribution in [0.2, 0.25) is 0 Å². The molecule has 0 atom stereocenters. The lowest BCUT2D eigenvalue weighted by Crippen LogP contribution is -2.30. The van der Waals surface area contributed by atoms with Crippen LogP contribution in [0.4, 0.5) is 0 Å². The molecule has 0 spiro atoms. The molecule has 0 aromatic heterocycles. The summed E-state index contributed by atoms with van der Waals surface area (Å²) < 4.78 is 18.0. The van der Waals surface area contributed by atoms with E-state index in [0.29, 0.717) is 12.2 Å². The van der Waals surface area contributed by atoms with Crippen molar-refractivity contribution in [3.05, 3.63) is 35.4 Å². The van der Waals surface area contributed by atoms with E-state index in [1.165, 1.54) is 205 Å². The van der Waals surface area contributed by atoms with Gasteiger partial charge in [0.1, 0.15) is 6.10 Å². The highest BCUT2D eigenvalue weighted by atomic mass is 16.5. The Bertz CT molecular complexity index is 1250. The number of rotatable bonds is 25. The van der Waals surface area contributed by atoms with Crippen LogP contribution in [0.25, 0.3) is 0 Å². The minimum Gasteiger partial charge on any atom is -0.462 e. The number of ether oxygens (including phenoxy) is 3. The third-order valence-corrected chi connectivity index (χ3v) is 17.1. The van der Waals surface area contributed by atoms with Crippen molar-refractivity contribution in [1.29, 1.82) is 0 Å². The van der Waals surface area contributed by atoms with Crippen molar-refractivity contribution in [3.8, 4) is 0 Å². The highest BCUT2D eigenvalue weighted by molar-refractivity contribution is 5.72. The van der Waals surface area contributed by atoms with Crippen molar-refractivity contribution in [3.63, 3.8) is 0 Å². The van der Waals surface area contributed by atoms with Gasteiger partial charge in [0.05, 0.1) is 18.1 Å². The molecule has 5 aliphatic rings. The fraction of sp³-hybridized carbons (Fsp3) is 0.881. The second-order valence-corrected chi connectivity index (χ2v) is 22.2.